The molecule has 2 atom stereocenters. The molecule has 1 aliphatic carbocycles. The molecule has 1 aliphatic heterocycles. The average molecular weight is 297 g/mol. The third-order valence-electron chi connectivity index (χ3n) is 4.66. The van der Waals surface area contributed by atoms with Crippen LogP contribution in [0.5, 0.6) is 0 Å². The summed E-state index contributed by atoms with van der Waals surface area (Å²) < 4.78 is 14.5. The van der Waals surface area contributed by atoms with E-state index in [1.54, 1.807) is 6.07 Å². The van der Waals surface area contributed by atoms with Crippen LogP contribution in [0, 0.1) is 11.7 Å². The number of nitrogens with two attached hydrogens (primary N) is 1. The Morgan fingerprint density at radius 1 is 1.25 bits per heavy atom. The third kappa shape index (κ3) is 2.72. The van der Waals surface area contributed by atoms with E-state index in [0.29, 0.717) is 18.5 Å². The van der Waals surface area contributed by atoms with E-state index in [0.717, 1.165) is 18.5 Å². The molecule has 2 nitrogen and oxygen atoms in total. The summed E-state index contributed by atoms with van der Waals surface area (Å²) in [6.45, 7) is 1.66. The highest BCUT2D eigenvalue weighted by molar-refractivity contribution is 6.30. The van der Waals surface area contributed by atoms with Gasteiger partial charge in [0.2, 0.25) is 0 Å². The van der Waals surface area contributed by atoms with Crippen molar-refractivity contribution in [2.24, 2.45) is 11.7 Å². The second-order valence-electron chi connectivity index (χ2n) is 6.05. The number of likely N-dealkylation sites (tertiary alicyclic amines) is 1. The first-order valence-electron chi connectivity index (χ1n) is 7.62. The van der Waals surface area contributed by atoms with Gasteiger partial charge >= 0.3 is 0 Å². The van der Waals surface area contributed by atoms with Gasteiger partial charge in [0.1, 0.15) is 5.82 Å². The monoisotopic (exact) mass is 296 g/mol. The van der Waals surface area contributed by atoms with Gasteiger partial charge in [-0.2, -0.15) is 0 Å². The maximum atomic E-state index is 14.5. The van der Waals surface area contributed by atoms with Crippen LogP contribution in [0.3, 0.4) is 0 Å². The van der Waals surface area contributed by atoms with Crippen LogP contribution in [-0.2, 0) is 0 Å². The van der Waals surface area contributed by atoms with Crippen LogP contribution >= 0.6 is 11.6 Å². The topological polar surface area (TPSA) is 29.3 Å². The van der Waals surface area contributed by atoms with E-state index in [1.807, 2.05) is 12.1 Å². The first kappa shape index (κ1) is 14.3. The summed E-state index contributed by atoms with van der Waals surface area (Å²) in [5.74, 6) is 0.0660. The van der Waals surface area contributed by atoms with Gasteiger partial charge in [0, 0.05) is 17.6 Å². The zero-order valence-electron chi connectivity index (χ0n) is 11.7. The van der Waals surface area contributed by atoms with Gasteiger partial charge in [-0.05, 0) is 50.8 Å². The van der Waals surface area contributed by atoms with Crippen molar-refractivity contribution in [1.82, 2.24) is 4.90 Å². The minimum atomic E-state index is -0.259. The molecular formula is C16H22ClFN2. The first-order valence-corrected chi connectivity index (χ1v) is 8.00. The van der Waals surface area contributed by atoms with Crippen LogP contribution in [0.2, 0.25) is 5.02 Å². The van der Waals surface area contributed by atoms with Crippen LogP contribution < -0.4 is 5.73 Å². The average Bonchev–Trinajstić information content (AvgIpc) is 3.26. The fourth-order valence-electron chi connectivity index (χ4n) is 3.51. The van der Waals surface area contributed by atoms with Crippen molar-refractivity contribution < 1.29 is 4.39 Å². The van der Waals surface area contributed by atoms with E-state index in [2.05, 4.69) is 4.90 Å². The zero-order chi connectivity index (χ0) is 14.1. The lowest BCUT2D eigenvalue weighted by atomic mass is 9.89. The fraction of sp³-hybridized carbons (Fsp3) is 0.625. The molecule has 110 valence electrons. The Kier molecular flexibility index (Phi) is 4.29. The van der Waals surface area contributed by atoms with Gasteiger partial charge in [0.15, 0.2) is 0 Å². The summed E-state index contributed by atoms with van der Waals surface area (Å²) in [7, 11) is 0. The highest BCUT2D eigenvalue weighted by Gasteiger charge is 2.40. The van der Waals surface area contributed by atoms with E-state index >= 15 is 0 Å². The normalized spacial score (nSPS) is 28.4. The molecule has 3 rings (SSSR count). The molecule has 1 heterocycles. The molecule has 2 fully saturated rings. The number of benzene rings is 1. The van der Waals surface area contributed by atoms with E-state index in [-0.39, 0.29) is 16.9 Å². The van der Waals surface area contributed by atoms with Crippen molar-refractivity contribution in [3.05, 3.63) is 34.6 Å². The highest BCUT2D eigenvalue weighted by atomic mass is 35.5. The van der Waals surface area contributed by atoms with E-state index < -0.39 is 0 Å². The Hall–Kier alpha value is -0.640. The maximum absolute atomic E-state index is 14.5. The first-order chi connectivity index (χ1) is 9.72. The molecule has 1 aromatic rings. The molecule has 0 radical (unpaired) electrons. The van der Waals surface area contributed by atoms with Crippen molar-refractivity contribution in [2.75, 3.05) is 13.1 Å². The number of hydrogen-bond acceptors (Lipinski definition) is 2. The van der Waals surface area contributed by atoms with Gasteiger partial charge in [-0.25, -0.2) is 4.39 Å². The van der Waals surface area contributed by atoms with Crippen LogP contribution in [0.4, 0.5) is 4.39 Å². The van der Waals surface area contributed by atoms with Crippen LogP contribution in [0.15, 0.2) is 18.2 Å². The molecule has 0 amide bonds. The Labute approximate surface area is 125 Å². The molecule has 4 heteroatoms. The summed E-state index contributed by atoms with van der Waals surface area (Å²) in [6.07, 6.45) is 5.91. The van der Waals surface area contributed by atoms with Crippen molar-refractivity contribution in [1.29, 1.82) is 0 Å². The van der Waals surface area contributed by atoms with Gasteiger partial charge in [-0.1, -0.05) is 30.2 Å². The minimum absolute atomic E-state index is 0.0914. The smallest absolute Gasteiger partial charge is 0.146 e. The molecule has 2 aliphatic rings. The van der Waals surface area contributed by atoms with Gasteiger partial charge < -0.3 is 5.73 Å². The summed E-state index contributed by atoms with van der Waals surface area (Å²) in [5.41, 5.74) is 6.73. The molecule has 0 aromatic heterocycles. The van der Waals surface area contributed by atoms with E-state index in [9.17, 15) is 4.39 Å². The third-order valence-corrected chi connectivity index (χ3v) is 4.96. The summed E-state index contributed by atoms with van der Waals surface area (Å²) in [6, 6.07) is 6.06. The van der Waals surface area contributed by atoms with Crippen molar-refractivity contribution in [2.45, 2.75) is 44.2 Å². The Morgan fingerprint density at radius 2 is 2.05 bits per heavy atom. The summed E-state index contributed by atoms with van der Waals surface area (Å²) in [5, 5.41) is 0.221. The van der Waals surface area contributed by atoms with Gasteiger partial charge in [0.25, 0.3) is 0 Å². The SMILES string of the molecule is NCC1CCCCN(C2CC2)C1c1cccc(Cl)c1F. The highest BCUT2D eigenvalue weighted by Crippen LogP contribution is 2.43. The number of nitrogens with zero attached hydrogens (tertiary/aromatic N) is 1. The number of hydrogen-bond donors (Lipinski definition) is 1. The quantitative estimate of drug-likeness (QED) is 0.920. The molecular weight excluding hydrogens is 275 g/mol. The van der Waals surface area contributed by atoms with Gasteiger partial charge in [0.05, 0.1) is 5.02 Å². The predicted octanol–water partition coefficient (Wildman–Crippen LogP) is 3.74. The minimum Gasteiger partial charge on any atom is -0.330 e. The van der Waals surface area contributed by atoms with Crippen LogP contribution in [0.25, 0.3) is 0 Å². The Balaban J connectivity index is 2.00. The van der Waals surface area contributed by atoms with Crippen LogP contribution in [0.1, 0.15) is 43.7 Å². The summed E-state index contributed by atoms with van der Waals surface area (Å²) >= 11 is 5.98. The molecule has 2 unspecified atom stereocenters. The lowest BCUT2D eigenvalue weighted by Gasteiger charge is -2.35. The second kappa shape index (κ2) is 6.00. The van der Waals surface area contributed by atoms with E-state index in [4.69, 9.17) is 17.3 Å². The second-order valence-corrected chi connectivity index (χ2v) is 6.46. The molecule has 1 saturated carbocycles. The number of rotatable bonds is 3. The molecule has 0 spiro atoms. The molecule has 1 saturated heterocycles. The van der Waals surface area contributed by atoms with Gasteiger partial charge in [-0.15, -0.1) is 0 Å². The largest absolute Gasteiger partial charge is 0.330 e. The zero-order valence-corrected chi connectivity index (χ0v) is 12.5. The molecule has 20 heavy (non-hydrogen) atoms. The lowest BCUT2D eigenvalue weighted by Crippen LogP contribution is -2.37. The summed E-state index contributed by atoms with van der Waals surface area (Å²) in [4.78, 5) is 2.49. The Morgan fingerprint density at radius 3 is 2.75 bits per heavy atom. The van der Waals surface area contributed by atoms with Crippen molar-refractivity contribution in [3.63, 3.8) is 0 Å². The maximum Gasteiger partial charge on any atom is 0.146 e. The van der Waals surface area contributed by atoms with Gasteiger partial charge in [-0.3, -0.25) is 4.90 Å². The Bertz CT molecular complexity index is 476. The fourth-order valence-corrected chi connectivity index (χ4v) is 3.69. The standard InChI is InChI=1S/C16H22ClFN2/c17-14-6-3-5-13(15(14)18)16-11(10-19)4-1-2-9-20(16)12-7-8-12/h3,5-6,11-12,16H,1-2,4,7-10,19H2. The molecule has 0 bridgehead atoms. The van der Waals surface area contributed by atoms with Crippen LogP contribution in [-0.4, -0.2) is 24.0 Å². The molecule has 1 aromatic carbocycles. The lowest BCUT2D eigenvalue weighted by molar-refractivity contribution is 0.145. The predicted molar refractivity (Wildman–Crippen MR) is 80.3 cm³/mol. The van der Waals surface area contributed by atoms with Crippen molar-refractivity contribution in [3.8, 4) is 0 Å². The number of halogens is 2. The molecule has 2 N–H and O–H groups in total. The van der Waals surface area contributed by atoms with E-state index in [1.165, 1.54) is 25.7 Å². The van der Waals surface area contributed by atoms with Crippen molar-refractivity contribution >= 4 is 11.6 Å².